The molecule has 0 aliphatic heterocycles. The van der Waals surface area contributed by atoms with Gasteiger partial charge in [0, 0.05) is 0 Å². The van der Waals surface area contributed by atoms with E-state index < -0.39 is 17.8 Å². The molecule has 1 rings (SSSR count). The average molecular weight is 393 g/mol. The monoisotopic (exact) mass is 392 g/mol. The fourth-order valence-electron chi connectivity index (χ4n) is 0.762. The molecule has 1 heterocycles. The third-order valence-corrected chi connectivity index (χ3v) is 2.43. The molecule has 3 nitrogen and oxygen atoms in total. The first-order chi connectivity index (χ1) is 6.83. The van der Waals surface area contributed by atoms with E-state index in [1.807, 2.05) is 0 Å². The van der Waals surface area contributed by atoms with Gasteiger partial charge in [-0.15, -0.1) is 13.2 Å². The molecule has 0 amide bonds. The zero-order chi connectivity index (χ0) is 11.6. The Morgan fingerprint density at radius 3 is 2.60 bits per heavy atom. The van der Waals surface area contributed by atoms with Crippen LogP contribution in [0.3, 0.4) is 0 Å². The van der Waals surface area contributed by atoms with Gasteiger partial charge in [-0.1, -0.05) is 0 Å². The third-order valence-electron chi connectivity index (χ3n) is 1.22. The fraction of sp³-hybridized carbons (Fsp3) is 0.143. The highest BCUT2D eigenvalue weighted by atomic mass is 127. The van der Waals surface area contributed by atoms with Crippen molar-refractivity contribution >= 4 is 38.5 Å². The molecule has 15 heavy (non-hydrogen) atoms. The predicted molar refractivity (Wildman–Crippen MR) is 56.1 cm³/mol. The first-order valence-corrected chi connectivity index (χ1v) is 5.22. The van der Waals surface area contributed by atoms with Gasteiger partial charge in [-0.3, -0.25) is 0 Å². The van der Waals surface area contributed by atoms with Crippen LogP contribution < -0.4 is 4.74 Å². The molecule has 80 valence electrons. The van der Waals surface area contributed by atoms with Crippen molar-refractivity contribution in [3.8, 4) is 11.8 Å². The Morgan fingerprint density at radius 2 is 2.13 bits per heavy atom. The molecule has 1 aromatic heterocycles. The van der Waals surface area contributed by atoms with Crippen LogP contribution >= 0.6 is 38.5 Å². The topological polar surface area (TPSA) is 45.9 Å². The predicted octanol–water partition coefficient (Wildman–Crippen LogP) is 3.22. The van der Waals surface area contributed by atoms with Gasteiger partial charge in [0.25, 0.3) is 0 Å². The Kier molecular flexibility index (Phi) is 3.77. The fourth-order valence-corrected chi connectivity index (χ4v) is 2.26. The van der Waals surface area contributed by atoms with E-state index in [1.54, 1.807) is 22.6 Å². The number of rotatable bonds is 1. The number of hydrogen-bond donors (Lipinski definition) is 0. The molecule has 8 heteroatoms. The standard InChI is InChI=1S/C7HBrF3IN2O/c8-5-1-3(12)6(4(2-13)14-5)15-7(9,10)11/h1H. The van der Waals surface area contributed by atoms with Crippen molar-refractivity contribution in [2.75, 3.05) is 0 Å². The lowest BCUT2D eigenvalue weighted by Crippen LogP contribution is -2.19. The van der Waals surface area contributed by atoms with Crippen molar-refractivity contribution in [2.24, 2.45) is 0 Å². The lowest BCUT2D eigenvalue weighted by atomic mass is 10.3. The van der Waals surface area contributed by atoms with Gasteiger partial charge in [0.15, 0.2) is 11.4 Å². The maximum Gasteiger partial charge on any atom is 0.573 e. The van der Waals surface area contributed by atoms with Gasteiger partial charge in [0.05, 0.1) is 3.57 Å². The Labute approximate surface area is 105 Å². The number of halogens is 5. The number of ether oxygens (including phenoxy) is 1. The van der Waals surface area contributed by atoms with Crippen LogP contribution in [0.4, 0.5) is 13.2 Å². The summed E-state index contributed by atoms with van der Waals surface area (Å²) in [7, 11) is 0. The maximum atomic E-state index is 12.0. The first kappa shape index (κ1) is 12.5. The van der Waals surface area contributed by atoms with Crippen LogP contribution in [0.25, 0.3) is 0 Å². The molecule has 0 aliphatic rings. The number of hydrogen-bond acceptors (Lipinski definition) is 3. The highest BCUT2D eigenvalue weighted by Gasteiger charge is 2.33. The van der Waals surface area contributed by atoms with E-state index >= 15 is 0 Å². The summed E-state index contributed by atoms with van der Waals surface area (Å²) in [6, 6.07) is 2.85. The molecular formula is C7HBrF3IN2O. The quantitative estimate of drug-likeness (QED) is 0.544. The average Bonchev–Trinajstić information content (AvgIpc) is 2.07. The van der Waals surface area contributed by atoms with Crippen LogP contribution in [0.15, 0.2) is 10.7 Å². The van der Waals surface area contributed by atoms with Gasteiger partial charge < -0.3 is 4.74 Å². The Morgan fingerprint density at radius 1 is 1.53 bits per heavy atom. The Balaban J connectivity index is 3.23. The summed E-state index contributed by atoms with van der Waals surface area (Å²) in [6.45, 7) is 0. The molecule has 0 saturated carbocycles. The van der Waals surface area contributed by atoms with Crippen LogP contribution in [-0.2, 0) is 0 Å². The first-order valence-electron chi connectivity index (χ1n) is 3.35. The molecule has 0 saturated heterocycles. The maximum absolute atomic E-state index is 12.0. The molecular weight excluding hydrogens is 392 g/mol. The van der Waals surface area contributed by atoms with Crippen molar-refractivity contribution in [1.29, 1.82) is 5.26 Å². The third kappa shape index (κ3) is 3.49. The minimum Gasteiger partial charge on any atom is -0.402 e. The summed E-state index contributed by atoms with van der Waals surface area (Å²) < 4.78 is 40.0. The van der Waals surface area contributed by atoms with Gasteiger partial charge in [-0.2, -0.15) is 5.26 Å². The largest absolute Gasteiger partial charge is 0.573 e. The molecule has 0 atom stereocenters. The van der Waals surface area contributed by atoms with E-state index in [-0.39, 0.29) is 8.17 Å². The van der Waals surface area contributed by atoms with Gasteiger partial charge in [-0.25, -0.2) is 4.98 Å². The lowest BCUT2D eigenvalue weighted by molar-refractivity contribution is -0.275. The SMILES string of the molecule is N#Cc1nc(Br)cc(I)c1OC(F)(F)F. The van der Waals surface area contributed by atoms with Crippen LogP contribution in [0.5, 0.6) is 5.75 Å². The second-order valence-corrected chi connectivity index (χ2v) is 4.24. The molecule has 0 bridgehead atoms. The molecule has 1 aromatic rings. The Bertz CT molecular complexity index is 429. The number of alkyl halides is 3. The van der Waals surface area contributed by atoms with Crippen molar-refractivity contribution in [3.05, 3.63) is 19.9 Å². The van der Waals surface area contributed by atoms with Crippen LogP contribution in [0, 0.1) is 14.9 Å². The number of nitrogens with zero attached hydrogens (tertiary/aromatic N) is 2. The highest BCUT2D eigenvalue weighted by molar-refractivity contribution is 14.1. The van der Waals surface area contributed by atoms with Crippen LogP contribution in [0.2, 0.25) is 0 Å². The molecule has 0 N–H and O–H groups in total. The van der Waals surface area contributed by atoms with Crippen LogP contribution in [-0.4, -0.2) is 11.3 Å². The van der Waals surface area contributed by atoms with Crippen LogP contribution in [0.1, 0.15) is 5.69 Å². The normalized spacial score (nSPS) is 10.9. The van der Waals surface area contributed by atoms with Gasteiger partial charge in [-0.05, 0) is 44.6 Å². The van der Waals surface area contributed by atoms with Crippen molar-refractivity contribution in [2.45, 2.75) is 6.36 Å². The second kappa shape index (κ2) is 4.52. The molecule has 0 aromatic carbocycles. The minimum absolute atomic E-state index is 0.156. The number of nitriles is 1. The van der Waals surface area contributed by atoms with Crippen molar-refractivity contribution in [3.63, 3.8) is 0 Å². The Hall–Kier alpha value is -0.560. The minimum atomic E-state index is -4.83. The van der Waals surface area contributed by atoms with E-state index in [0.29, 0.717) is 0 Å². The molecule has 0 fully saturated rings. The van der Waals surface area contributed by atoms with Gasteiger partial charge >= 0.3 is 6.36 Å². The van der Waals surface area contributed by atoms with E-state index in [2.05, 4.69) is 25.7 Å². The second-order valence-electron chi connectivity index (χ2n) is 2.26. The number of pyridine rings is 1. The smallest absolute Gasteiger partial charge is 0.402 e. The zero-order valence-electron chi connectivity index (χ0n) is 6.77. The summed E-state index contributed by atoms with van der Waals surface area (Å²) in [4.78, 5) is 3.56. The molecule has 0 unspecified atom stereocenters. The van der Waals surface area contributed by atoms with Crippen molar-refractivity contribution in [1.82, 2.24) is 4.98 Å². The summed E-state index contributed by atoms with van der Waals surface area (Å²) in [5, 5.41) is 8.58. The van der Waals surface area contributed by atoms with E-state index in [0.717, 1.165) is 0 Å². The summed E-state index contributed by atoms with van der Waals surface area (Å²) >= 11 is 4.59. The highest BCUT2D eigenvalue weighted by Crippen LogP contribution is 2.31. The summed E-state index contributed by atoms with van der Waals surface area (Å²) in [5.41, 5.74) is -0.411. The van der Waals surface area contributed by atoms with E-state index in [1.165, 1.54) is 12.1 Å². The van der Waals surface area contributed by atoms with Gasteiger partial charge in [0.1, 0.15) is 10.7 Å². The summed E-state index contributed by atoms with van der Waals surface area (Å²) in [5.74, 6) is -0.575. The lowest BCUT2D eigenvalue weighted by Gasteiger charge is -2.11. The number of aromatic nitrogens is 1. The summed E-state index contributed by atoms with van der Waals surface area (Å²) in [6.07, 6.45) is -4.83. The zero-order valence-corrected chi connectivity index (χ0v) is 10.5. The molecule has 0 spiro atoms. The van der Waals surface area contributed by atoms with E-state index in [9.17, 15) is 13.2 Å². The van der Waals surface area contributed by atoms with Crippen molar-refractivity contribution < 1.29 is 17.9 Å². The molecule has 0 aliphatic carbocycles. The van der Waals surface area contributed by atoms with Gasteiger partial charge in [0.2, 0.25) is 0 Å². The molecule has 0 radical (unpaired) electrons. The van der Waals surface area contributed by atoms with E-state index in [4.69, 9.17) is 5.26 Å².